The molecule has 0 saturated carbocycles. The first-order valence-corrected chi connectivity index (χ1v) is 9.78. The van der Waals surface area contributed by atoms with Gasteiger partial charge in [-0.2, -0.15) is 0 Å². The summed E-state index contributed by atoms with van der Waals surface area (Å²) in [5.41, 5.74) is 4.33. The third-order valence-electron chi connectivity index (χ3n) is 4.95. The summed E-state index contributed by atoms with van der Waals surface area (Å²) < 4.78 is 6.31. The zero-order chi connectivity index (χ0) is 17.1. The molecule has 1 aromatic heterocycles. The quantitative estimate of drug-likeness (QED) is 0.625. The molecule has 2 aromatic carbocycles. The molecule has 2 aliphatic rings. The second-order valence-electron chi connectivity index (χ2n) is 6.29. The largest absolute Gasteiger partial charge is 0.497 e. The molecule has 4 nitrogen and oxygen atoms in total. The van der Waals surface area contributed by atoms with Gasteiger partial charge in [0.1, 0.15) is 11.1 Å². The van der Waals surface area contributed by atoms with E-state index in [1.54, 1.807) is 18.9 Å². The van der Waals surface area contributed by atoms with Crippen LogP contribution in [0.15, 0.2) is 45.8 Å². The van der Waals surface area contributed by atoms with E-state index < -0.39 is 0 Å². The molecule has 126 valence electrons. The van der Waals surface area contributed by atoms with E-state index in [9.17, 15) is 4.79 Å². The van der Waals surface area contributed by atoms with Gasteiger partial charge in [-0.25, -0.2) is 0 Å². The molecule has 0 spiro atoms. The molecule has 3 aromatic rings. The fourth-order valence-electron chi connectivity index (χ4n) is 3.74. The van der Waals surface area contributed by atoms with Gasteiger partial charge in [-0.1, -0.05) is 27.7 Å². The lowest BCUT2D eigenvalue weighted by molar-refractivity contribution is 0.0714. The number of rotatable bonds is 1. The van der Waals surface area contributed by atoms with Crippen molar-refractivity contribution in [3.8, 4) is 5.75 Å². The molecule has 2 aliphatic heterocycles. The maximum Gasteiger partial charge on any atom is 0.256 e. The van der Waals surface area contributed by atoms with Gasteiger partial charge in [0.05, 0.1) is 18.4 Å². The number of thioether (sulfide) groups is 1. The number of aromatic nitrogens is 1. The number of fused-ring (bicyclic) bond motifs is 6. The second-order valence-corrected chi connectivity index (χ2v) is 8.33. The average Bonchev–Trinajstić information content (AvgIpc) is 3.00. The molecule has 1 unspecified atom stereocenters. The van der Waals surface area contributed by atoms with Crippen LogP contribution in [0.2, 0.25) is 0 Å². The van der Waals surface area contributed by atoms with Gasteiger partial charge in [0.25, 0.3) is 5.91 Å². The summed E-state index contributed by atoms with van der Waals surface area (Å²) >= 11 is 5.21. The number of H-pyrrole nitrogens is 1. The predicted molar refractivity (Wildman–Crippen MR) is 102 cm³/mol. The van der Waals surface area contributed by atoms with Crippen LogP contribution in [0, 0.1) is 0 Å². The zero-order valence-corrected chi connectivity index (χ0v) is 15.9. The van der Waals surface area contributed by atoms with Crippen LogP contribution in [0.25, 0.3) is 10.9 Å². The third-order valence-corrected chi connectivity index (χ3v) is 6.77. The van der Waals surface area contributed by atoms with Crippen LogP contribution in [0.3, 0.4) is 0 Å². The van der Waals surface area contributed by atoms with Crippen LogP contribution < -0.4 is 4.74 Å². The highest BCUT2D eigenvalue weighted by atomic mass is 79.9. The highest BCUT2D eigenvalue weighted by molar-refractivity contribution is 9.10. The van der Waals surface area contributed by atoms with Crippen LogP contribution >= 0.6 is 27.7 Å². The van der Waals surface area contributed by atoms with Gasteiger partial charge in [-0.15, -0.1) is 0 Å². The molecule has 0 fully saturated rings. The molecule has 0 bridgehead atoms. The summed E-state index contributed by atoms with van der Waals surface area (Å²) in [6.07, 6.45) is 0.856. The topological polar surface area (TPSA) is 45.3 Å². The molecule has 5 rings (SSSR count). The van der Waals surface area contributed by atoms with Crippen molar-refractivity contribution < 1.29 is 9.53 Å². The number of carbonyl (C=O) groups excluding carboxylic acids is 1. The molecule has 0 radical (unpaired) electrons. The van der Waals surface area contributed by atoms with E-state index >= 15 is 0 Å². The average molecular weight is 415 g/mol. The highest BCUT2D eigenvalue weighted by Gasteiger charge is 2.39. The highest BCUT2D eigenvalue weighted by Crippen LogP contribution is 2.49. The Bertz CT molecular complexity index is 1030. The van der Waals surface area contributed by atoms with Crippen molar-refractivity contribution in [3.63, 3.8) is 0 Å². The van der Waals surface area contributed by atoms with E-state index in [2.05, 4.69) is 33.0 Å². The van der Waals surface area contributed by atoms with Crippen molar-refractivity contribution in [2.45, 2.75) is 16.7 Å². The van der Waals surface area contributed by atoms with Crippen LogP contribution in [-0.4, -0.2) is 29.4 Å². The molecular weight excluding hydrogens is 400 g/mol. The Hall–Kier alpha value is -1.92. The number of methoxy groups -OCH3 is 1. The normalized spacial score (nSPS) is 18.7. The summed E-state index contributed by atoms with van der Waals surface area (Å²) in [6, 6.07) is 12.0. The number of amides is 1. The Morgan fingerprint density at radius 3 is 3.00 bits per heavy atom. The zero-order valence-electron chi connectivity index (χ0n) is 13.5. The van der Waals surface area contributed by atoms with Gasteiger partial charge < -0.3 is 14.6 Å². The van der Waals surface area contributed by atoms with Crippen LogP contribution in [0.1, 0.15) is 27.0 Å². The fourth-order valence-corrected chi connectivity index (χ4v) is 5.41. The van der Waals surface area contributed by atoms with E-state index in [0.29, 0.717) is 0 Å². The SMILES string of the molecule is COc1ccc2[nH]c3c(c2c1)CCN1C(=O)c2cc(Br)ccc2SC31. The van der Waals surface area contributed by atoms with Crippen LogP contribution in [-0.2, 0) is 6.42 Å². The van der Waals surface area contributed by atoms with Gasteiger partial charge in [0, 0.05) is 26.8 Å². The van der Waals surface area contributed by atoms with Gasteiger partial charge >= 0.3 is 0 Å². The summed E-state index contributed by atoms with van der Waals surface area (Å²) in [6.45, 7) is 0.736. The maximum atomic E-state index is 13.0. The summed E-state index contributed by atoms with van der Waals surface area (Å²) in [7, 11) is 1.69. The lowest BCUT2D eigenvalue weighted by Crippen LogP contribution is -2.41. The summed E-state index contributed by atoms with van der Waals surface area (Å²) in [5.74, 6) is 0.973. The molecule has 0 aliphatic carbocycles. The van der Waals surface area contributed by atoms with E-state index in [1.165, 1.54) is 10.9 Å². The number of aromatic amines is 1. The third kappa shape index (κ3) is 2.24. The van der Waals surface area contributed by atoms with E-state index in [4.69, 9.17) is 4.74 Å². The first-order chi connectivity index (χ1) is 12.2. The number of hydrogen-bond acceptors (Lipinski definition) is 3. The number of hydrogen-bond donors (Lipinski definition) is 1. The Morgan fingerprint density at radius 1 is 1.28 bits per heavy atom. The van der Waals surface area contributed by atoms with Crippen molar-refractivity contribution >= 4 is 44.5 Å². The Balaban J connectivity index is 1.66. The molecule has 1 amide bonds. The number of benzene rings is 2. The second kappa shape index (κ2) is 5.54. The first-order valence-electron chi connectivity index (χ1n) is 8.11. The van der Waals surface area contributed by atoms with Gasteiger partial charge in [0.15, 0.2) is 0 Å². The van der Waals surface area contributed by atoms with Gasteiger partial charge in [-0.05, 0) is 48.4 Å². The standard InChI is InChI=1S/C19H15BrN2O2S/c1-24-11-3-4-15-13(9-11)12-6-7-22-18(23)14-8-10(20)2-5-16(14)25-19(22)17(12)21-15/h2-5,8-9,19,21H,6-7H2,1H3. The van der Waals surface area contributed by atoms with E-state index in [1.807, 2.05) is 29.2 Å². The lowest BCUT2D eigenvalue weighted by atomic mass is 10.0. The molecule has 25 heavy (non-hydrogen) atoms. The van der Waals surface area contributed by atoms with E-state index in [-0.39, 0.29) is 11.3 Å². The van der Waals surface area contributed by atoms with Crippen LogP contribution in [0.5, 0.6) is 5.75 Å². The lowest BCUT2D eigenvalue weighted by Gasteiger charge is -2.39. The molecule has 1 atom stereocenters. The van der Waals surface area contributed by atoms with Crippen molar-refractivity contribution in [2.75, 3.05) is 13.7 Å². The van der Waals surface area contributed by atoms with Crippen molar-refractivity contribution in [2.24, 2.45) is 0 Å². The Kier molecular flexibility index (Phi) is 3.40. The minimum absolute atomic E-state index is 0.00307. The Labute approximate surface area is 157 Å². The number of nitrogens with zero attached hydrogens (tertiary/aromatic N) is 1. The predicted octanol–water partition coefficient (Wildman–Crippen LogP) is 4.74. The number of nitrogens with one attached hydrogen (secondary N) is 1. The van der Waals surface area contributed by atoms with Crippen molar-refractivity contribution in [1.82, 2.24) is 9.88 Å². The van der Waals surface area contributed by atoms with Crippen LogP contribution in [0.4, 0.5) is 0 Å². The molecule has 1 N–H and O–H groups in total. The smallest absolute Gasteiger partial charge is 0.256 e. The van der Waals surface area contributed by atoms with Gasteiger partial charge in [0.2, 0.25) is 0 Å². The minimum atomic E-state index is 0.00307. The minimum Gasteiger partial charge on any atom is -0.497 e. The first kappa shape index (κ1) is 15.3. The maximum absolute atomic E-state index is 13.0. The number of ether oxygens (including phenoxy) is 1. The molecule has 3 heterocycles. The monoisotopic (exact) mass is 414 g/mol. The Morgan fingerprint density at radius 2 is 2.16 bits per heavy atom. The number of carbonyl (C=O) groups is 1. The van der Waals surface area contributed by atoms with Crippen molar-refractivity contribution in [1.29, 1.82) is 0 Å². The van der Waals surface area contributed by atoms with Crippen molar-refractivity contribution in [3.05, 3.63) is 57.7 Å². The summed E-state index contributed by atoms with van der Waals surface area (Å²) in [5, 5.41) is 1.20. The summed E-state index contributed by atoms with van der Waals surface area (Å²) in [4.78, 5) is 19.6. The molecule has 6 heteroatoms. The van der Waals surface area contributed by atoms with Gasteiger partial charge in [-0.3, -0.25) is 4.79 Å². The fraction of sp³-hybridized carbons (Fsp3) is 0.211. The molecule has 0 saturated heterocycles. The number of halogens is 1. The van der Waals surface area contributed by atoms with E-state index in [0.717, 1.165) is 44.9 Å². The molecular formula is C19H15BrN2O2S.